The highest BCUT2D eigenvalue weighted by molar-refractivity contribution is 5.81. The highest BCUT2D eigenvalue weighted by Gasteiger charge is 2.17. The van der Waals surface area contributed by atoms with Gasteiger partial charge in [-0.1, -0.05) is 56.5 Å². The van der Waals surface area contributed by atoms with Crippen LogP contribution in [0, 0.1) is 17.2 Å². The maximum Gasteiger partial charge on any atom is 0.237 e. The molecule has 1 aromatic carbocycles. The summed E-state index contributed by atoms with van der Waals surface area (Å²) in [6.07, 6.45) is 4.98. The Balaban J connectivity index is 2.34. The predicted octanol–water partition coefficient (Wildman–Crippen LogP) is 3.07. The van der Waals surface area contributed by atoms with Crippen molar-refractivity contribution in [2.24, 2.45) is 5.92 Å². The molecule has 1 aromatic rings. The molecule has 0 bridgehead atoms. The van der Waals surface area contributed by atoms with Crippen LogP contribution in [0.2, 0.25) is 0 Å². The van der Waals surface area contributed by atoms with Gasteiger partial charge in [-0.2, -0.15) is 5.26 Å². The summed E-state index contributed by atoms with van der Waals surface area (Å²) in [4.78, 5) is 11.9. The summed E-state index contributed by atoms with van der Waals surface area (Å²) < 4.78 is 0. The first kappa shape index (κ1) is 15.2. The van der Waals surface area contributed by atoms with Crippen LogP contribution in [0.1, 0.15) is 38.2 Å². The minimum absolute atomic E-state index is 0.150. The Labute approximate surface area is 115 Å². The van der Waals surface area contributed by atoms with Gasteiger partial charge in [-0.25, -0.2) is 0 Å². The van der Waals surface area contributed by atoms with Crippen molar-refractivity contribution in [3.8, 4) is 6.07 Å². The summed E-state index contributed by atoms with van der Waals surface area (Å²) in [6.45, 7) is 2.83. The Kier molecular flexibility index (Phi) is 7.34. The summed E-state index contributed by atoms with van der Waals surface area (Å²) in [5.41, 5.74) is 1.02. The van der Waals surface area contributed by atoms with Gasteiger partial charge < -0.3 is 5.32 Å². The highest BCUT2D eigenvalue weighted by atomic mass is 16.1. The summed E-state index contributed by atoms with van der Waals surface area (Å²) in [5, 5.41) is 11.9. The van der Waals surface area contributed by atoms with Gasteiger partial charge in [-0.05, 0) is 18.4 Å². The second-order valence-corrected chi connectivity index (χ2v) is 4.72. The van der Waals surface area contributed by atoms with E-state index in [0.29, 0.717) is 13.0 Å². The van der Waals surface area contributed by atoms with Crippen LogP contribution in [0.5, 0.6) is 0 Å². The molecule has 19 heavy (non-hydrogen) atoms. The van der Waals surface area contributed by atoms with E-state index < -0.39 is 5.92 Å². The molecule has 1 atom stereocenters. The van der Waals surface area contributed by atoms with Crippen LogP contribution in [-0.4, -0.2) is 12.5 Å². The Morgan fingerprint density at radius 3 is 2.63 bits per heavy atom. The topological polar surface area (TPSA) is 52.9 Å². The number of hydrogen-bond acceptors (Lipinski definition) is 2. The molecule has 0 aliphatic carbocycles. The number of unbranched alkanes of at least 4 members (excludes halogenated alkanes) is 3. The zero-order valence-electron chi connectivity index (χ0n) is 11.6. The minimum Gasteiger partial charge on any atom is -0.355 e. The van der Waals surface area contributed by atoms with Crippen molar-refractivity contribution in [1.29, 1.82) is 5.26 Å². The zero-order valence-corrected chi connectivity index (χ0v) is 11.6. The van der Waals surface area contributed by atoms with Crippen LogP contribution < -0.4 is 5.32 Å². The molecule has 0 saturated heterocycles. The number of benzene rings is 1. The Hall–Kier alpha value is -1.82. The molecule has 3 nitrogen and oxygen atoms in total. The van der Waals surface area contributed by atoms with Gasteiger partial charge in [-0.15, -0.1) is 0 Å². The van der Waals surface area contributed by atoms with E-state index in [-0.39, 0.29) is 5.91 Å². The zero-order chi connectivity index (χ0) is 13.9. The van der Waals surface area contributed by atoms with Crippen molar-refractivity contribution in [3.63, 3.8) is 0 Å². The molecular weight excluding hydrogens is 236 g/mol. The summed E-state index contributed by atoms with van der Waals surface area (Å²) in [5.74, 6) is -0.739. The Bertz CT molecular complexity index is 409. The predicted molar refractivity (Wildman–Crippen MR) is 76.4 cm³/mol. The normalized spacial score (nSPS) is 11.6. The van der Waals surface area contributed by atoms with E-state index in [2.05, 4.69) is 18.3 Å². The number of nitrogens with zero attached hydrogens (tertiary/aromatic N) is 1. The molecule has 1 unspecified atom stereocenters. The number of rotatable bonds is 8. The van der Waals surface area contributed by atoms with Gasteiger partial charge in [0.25, 0.3) is 0 Å². The highest BCUT2D eigenvalue weighted by Crippen LogP contribution is 2.08. The van der Waals surface area contributed by atoms with Gasteiger partial charge in [-0.3, -0.25) is 4.79 Å². The molecule has 1 N–H and O–H groups in total. The third kappa shape index (κ3) is 6.05. The van der Waals surface area contributed by atoms with Crippen molar-refractivity contribution < 1.29 is 4.79 Å². The first-order valence-electron chi connectivity index (χ1n) is 6.99. The first-order valence-corrected chi connectivity index (χ1v) is 6.99. The molecule has 0 aliphatic rings. The molecule has 0 spiro atoms. The lowest BCUT2D eigenvalue weighted by molar-refractivity contribution is -0.123. The van der Waals surface area contributed by atoms with Crippen molar-refractivity contribution >= 4 is 5.91 Å². The van der Waals surface area contributed by atoms with E-state index in [1.54, 1.807) is 0 Å². The van der Waals surface area contributed by atoms with E-state index in [1.165, 1.54) is 12.8 Å². The van der Waals surface area contributed by atoms with Gasteiger partial charge in [0.15, 0.2) is 0 Å². The van der Waals surface area contributed by atoms with Crippen LogP contribution in [-0.2, 0) is 11.2 Å². The van der Waals surface area contributed by atoms with Gasteiger partial charge >= 0.3 is 0 Å². The number of nitrogens with one attached hydrogen (secondary N) is 1. The number of carbonyl (C=O) groups is 1. The van der Waals surface area contributed by atoms with Crippen LogP contribution in [0.4, 0.5) is 0 Å². The number of nitriles is 1. The third-order valence-electron chi connectivity index (χ3n) is 3.08. The molecule has 0 saturated carbocycles. The average Bonchev–Trinajstić information content (AvgIpc) is 2.45. The second kappa shape index (κ2) is 9.16. The molecule has 0 fully saturated rings. The number of carbonyl (C=O) groups excluding carboxylic acids is 1. The maximum atomic E-state index is 11.9. The number of amides is 1. The molecule has 0 heterocycles. The fraction of sp³-hybridized carbons (Fsp3) is 0.500. The second-order valence-electron chi connectivity index (χ2n) is 4.72. The third-order valence-corrected chi connectivity index (χ3v) is 3.08. The largest absolute Gasteiger partial charge is 0.355 e. The molecular formula is C16H22N2O. The van der Waals surface area contributed by atoms with Crippen molar-refractivity contribution in [2.45, 2.75) is 39.0 Å². The quantitative estimate of drug-likeness (QED) is 0.729. The van der Waals surface area contributed by atoms with Gasteiger partial charge in [0, 0.05) is 6.54 Å². The van der Waals surface area contributed by atoms with Crippen molar-refractivity contribution in [2.75, 3.05) is 6.54 Å². The van der Waals surface area contributed by atoms with Crippen LogP contribution in [0.25, 0.3) is 0 Å². The lowest BCUT2D eigenvalue weighted by Gasteiger charge is -2.10. The van der Waals surface area contributed by atoms with E-state index >= 15 is 0 Å². The van der Waals surface area contributed by atoms with E-state index in [0.717, 1.165) is 18.4 Å². The van der Waals surface area contributed by atoms with Gasteiger partial charge in [0.1, 0.15) is 5.92 Å². The lowest BCUT2D eigenvalue weighted by atomic mass is 10.00. The van der Waals surface area contributed by atoms with E-state index in [1.807, 2.05) is 30.3 Å². The Morgan fingerprint density at radius 1 is 1.26 bits per heavy atom. The van der Waals surface area contributed by atoms with Crippen molar-refractivity contribution in [3.05, 3.63) is 35.9 Å². The average molecular weight is 258 g/mol. The van der Waals surface area contributed by atoms with Crippen LogP contribution >= 0.6 is 0 Å². The first-order chi connectivity index (χ1) is 9.27. The van der Waals surface area contributed by atoms with Crippen molar-refractivity contribution in [1.82, 2.24) is 5.32 Å². The molecule has 1 amide bonds. The minimum atomic E-state index is -0.589. The standard InChI is InChI=1S/C16H22N2O/c1-2-3-4-8-11-18-16(19)15(13-17)12-14-9-6-5-7-10-14/h5-7,9-10,15H,2-4,8,11-12H2,1H3,(H,18,19). The summed E-state index contributed by atoms with van der Waals surface area (Å²) >= 11 is 0. The molecule has 1 rings (SSSR count). The SMILES string of the molecule is CCCCCCNC(=O)C(C#N)Cc1ccccc1. The van der Waals surface area contributed by atoms with E-state index in [4.69, 9.17) is 5.26 Å². The summed E-state index contributed by atoms with van der Waals surface area (Å²) in [7, 11) is 0. The monoisotopic (exact) mass is 258 g/mol. The van der Waals surface area contributed by atoms with Crippen LogP contribution in [0.15, 0.2) is 30.3 Å². The summed E-state index contributed by atoms with van der Waals surface area (Å²) in [6, 6.07) is 11.8. The molecule has 0 aliphatic heterocycles. The lowest BCUT2D eigenvalue weighted by Crippen LogP contribution is -2.31. The fourth-order valence-corrected chi connectivity index (χ4v) is 1.93. The fourth-order valence-electron chi connectivity index (χ4n) is 1.93. The Morgan fingerprint density at radius 2 is 2.00 bits per heavy atom. The molecule has 3 heteroatoms. The molecule has 0 aromatic heterocycles. The van der Waals surface area contributed by atoms with Gasteiger partial charge in [0.2, 0.25) is 5.91 Å². The van der Waals surface area contributed by atoms with E-state index in [9.17, 15) is 4.79 Å². The number of hydrogen-bond donors (Lipinski definition) is 1. The smallest absolute Gasteiger partial charge is 0.237 e. The molecule has 0 radical (unpaired) electrons. The maximum absolute atomic E-state index is 11.9. The van der Waals surface area contributed by atoms with Crippen LogP contribution in [0.3, 0.4) is 0 Å². The molecule has 102 valence electrons. The van der Waals surface area contributed by atoms with Gasteiger partial charge in [0.05, 0.1) is 6.07 Å².